The predicted molar refractivity (Wildman–Crippen MR) is 101 cm³/mol. The van der Waals surface area contributed by atoms with Crippen molar-refractivity contribution >= 4 is 39.1 Å². The third kappa shape index (κ3) is 4.65. The molecule has 128 valence electrons. The van der Waals surface area contributed by atoms with Crippen molar-refractivity contribution in [3.63, 3.8) is 0 Å². The first-order valence-electron chi connectivity index (χ1n) is 7.56. The summed E-state index contributed by atoms with van der Waals surface area (Å²) in [5.41, 5.74) is 1.57. The Hall–Kier alpha value is -2.24. The molecule has 0 unspecified atom stereocenters. The van der Waals surface area contributed by atoms with E-state index in [1.54, 1.807) is 24.3 Å². The lowest BCUT2D eigenvalue weighted by Crippen LogP contribution is -2.11. The van der Waals surface area contributed by atoms with Gasteiger partial charge in [0.1, 0.15) is 18.1 Å². The first kappa shape index (κ1) is 17.6. The second-order valence-corrected chi connectivity index (χ2v) is 6.77. The summed E-state index contributed by atoms with van der Waals surface area (Å²) in [6.45, 7) is 2.14. The summed E-state index contributed by atoms with van der Waals surface area (Å²) in [6, 6.07) is 16.1. The molecule has 0 atom stereocenters. The molecule has 0 aliphatic carbocycles. The summed E-state index contributed by atoms with van der Waals surface area (Å²) < 4.78 is 12.2. The summed E-state index contributed by atoms with van der Waals surface area (Å²) in [5, 5.41) is 3.36. The lowest BCUT2D eigenvalue weighted by atomic mass is 10.2. The topological polar surface area (TPSA) is 51.5 Å². The number of amides is 1. The highest BCUT2D eigenvalue weighted by Gasteiger charge is 2.13. The second-order valence-electron chi connectivity index (χ2n) is 5.42. The number of rotatable bonds is 5. The number of hydrogen-bond acceptors (Lipinski definition) is 3. The number of aryl methyl sites for hydroxylation is 1. The average molecular weight is 421 g/mol. The molecule has 0 fully saturated rings. The van der Waals surface area contributed by atoms with Gasteiger partial charge in [-0.15, -0.1) is 0 Å². The van der Waals surface area contributed by atoms with Crippen molar-refractivity contribution in [3.8, 4) is 5.75 Å². The molecular formula is C19H15BrClNO3. The van der Waals surface area contributed by atoms with E-state index in [9.17, 15) is 4.79 Å². The number of halogens is 2. The summed E-state index contributed by atoms with van der Waals surface area (Å²) in [7, 11) is 0. The van der Waals surface area contributed by atoms with Crippen LogP contribution in [-0.2, 0) is 6.61 Å². The fraction of sp³-hybridized carbons (Fsp3) is 0.105. The first-order chi connectivity index (χ1) is 12.0. The molecule has 1 heterocycles. The lowest BCUT2D eigenvalue weighted by molar-refractivity contribution is 0.0992. The van der Waals surface area contributed by atoms with Crippen molar-refractivity contribution in [1.82, 2.24) is 0 Å². The van der Waals surface area contributed by atoms with Crippen LogP contribution in [0.25, 0.3) is 0 Å². The van der Waals surface area contributed by atoms with E-state index in [0.29, 0.717) is 16.5 Å². The Morgan fingerprint density at radius 2 is 1.92 bits per heavy atom. The van der Waals surface area contributed by atoms with E-state index in [1.165, 1.54) is 0 Å². The second kappa shape index (κ2) is 7.76. The quantitative estimate of drug-likeness (QED) is 0.564. The van der Waals surface area contributed by atoms with E-state index in [4.69, 9.17) is 20.8 Å². The van der Waals surface area contributed by atoms with Crippen LogP contribution in [0.5, 0.6) is 5.75 Å². The highest BCUT2D eigenvalue weighted by molar-refractivity contribution is 9.10. The molecule has 0 saturated heterocycles. The molecule has 3 rings (SSSR count). The van der Waals surface area contributed by atoms with Crippen LogP contribution in [0.3, 0.4) is 0 Å². The molecule has 4 nitrogen and oxygen atoms in total. The van der Waals surface area contributed by atoms with Crippen molar-refractivity contribution in [1.29, 1.82) is 0 Å². The molecule has 0 aliphatic heterocycles. The van der Waals surface area contributed by atoms with Crippen molar-refractivity contribution in [2.75, 3.05) is 5.32 Å². The first-order valence-corrected chi connectivity index (χ1v) is 8.73. The van der Waals surface area contributed by atoms with E-state index >= 15 is 0 Å². The van der Waals surface area contributed by atoms with E-state index in [0.717, 1.165) is 15.8 Å². The van der Waals surface area contributed by atoms with E-state index in [-0.39, 0.29) is 18.3 Å². The van der Waals surface area contributed by atoms with Crippen LogP contribution in [-0.4, -0.2) is 5.91 Å². The molecule has 1 aromatic heterocycles. The van der Waals surface area contributed by atoms with Gasteiger partial charge >= 0.3 is 0 Å². The van der Waals surface area contributed by atoms with Crippen LogP contribution in [0.15, 0.2) is 63.5 Å². The van der Waals surface area contributed by atoms with Gasteiger partial charge in [-0.1, -0.05) is 33.6 Å². The van der Waals surface area contributed by atoms with Crippen LogP contribution < -0.4 is 10.1 Å². The lowest BCUT2D eigenvalue weighted by Gasteiger charge is -2.07. The smallest absolute Gasteiger partial charge is 0.291 e. The number of benzene rings is 2. The molecule has 0 aliphatic rings. The number of furan rings is 1. The maximum Gasteiger partial charge on any atom is 0.291 e. The minimum Gasteiger partial charge on any atom is -0.486 e. The normalized spacial score (nSPS) is 10.5. The van der Waals surface area contributed by atoms with Crippen molar-refractivity contribution < 1.29 is 13.9 Å². The number of hydrogen-bond donors (Lipinski definition) is 1. The van der Waals surface area contributed by atoms with Crippen LogP contribution in [0.1, 0.15) is 21.9 Å². The molecule has 1 amide bonds. The highest BCUT2D eigenvalue weighted by Crippen LogP contribution is 2.22. The average Bonchev–Trinajstić information content (AvgIpc) is 3.07. The summed E-state index contributed by atoms with van der Waals surface area (Å²) in [6.07, 6.45) is 0. The minimum absolute atomic E-state index is 0.216. The SMILES string of the molecule is Cc1ccc(Cl)cc1NC(=O)c1ccc(COc2ccc(Br)cc2)o1. The van der Waals surface area contributed by atoms with E-state index < -0.39 is 0 Å². The maximum atomic E-state index is 12.3. The monoisotopic (exact) mass is 419 g/mol. The minimum atomic E-state index is -0.333. The van der Waals surface area contributed by atoms with Crippen molar-refractivity contribution in [2.45, 2.75) is 13.5 Å². The van der Waals surface area contributed by atoms with Gasteiger partial charge in [-0.05, 0) is 61.0 Å². The molecule has 2 aromatic carbocycles. The zero-order chi connectivity index (χ0) is 17.8. The van der Waals surface area contributed by atoms with Gasteiger partial charge in [0.2, 0.25) is 0 Å². The van der Waals surface area contributed by atoms with Gasteiger partial charge < -0.3 is 14.5 Å². The fourth-order valence-corrected chi connectivity index (χ4v) is 2.61. The Bertz CT molecular complexity index is 890. The molecule has 6 heteroatoms. The molecule has 3 aromatic rings. The number of carbonyl (C=O) groups excluding carboxylic acids is 1. The van der Waals surface area contributed by atoms with Gasteiger partial charge in [0.15, 0.2) is 5.76 Å². The standard InChI is InChI=1S/C19H15BrClNO3/c1-12-2-5-14(21)10-17(12)22-19(23)18-9-8-16(25-18)11-24-15-6-3-13(20)4-7-15/h2-10H,11H2,1H3,(H,22,23). The predicted octanol–water partition coefficient (Wildman–Crippen LogP) is 5.84. The molecule has 0 spiro atoms. The molecule has 25 heavy (non-hydrogen) atoms. The molecule has 1 N–H and O–H groups in total. The fourth-order valence-electron chi connectivity index (χ4n) is 2.18. The van der Waals surface area contributed by atoms with Gasteiger partial charge in [-0.2, -0.15) is 0 Å². The van der Waals surface area contributed by atoms with Crippen LogP contribution in [0.4, 0.5) is 5.69 Å². The Kier molecular flexibility index (Phi) is 5.46. The Morgan fingerprint density at radius 1 is 1.16 bits per heavy atom. The van der Waals surface area contributed by atoms with Crippen LogP contribution >= 0.6 is 27.5 Å². The van der Waals surface area contributed by atoms with Gasteiger partial charge in [0.25, 0.3) is 5.91 Å². The van der Waals surface area contributed by atoms with Crippen molar-refractivity contribution in [3.05, 3.63) is 81.2 Å². The summed E-state index contributed by atoms with van der Waals surface area (Å²) in [5.74, 6) is 1.17. The number of anilines is 1. The van der Waals surface area contributed by atoms with Gasteiger partial charge in [-0.25, -0.2) is 0 Å². The van der Waals surface area contributed by atoms with Crippen molar-refractivity contribution in [2.24, 2.45) is 0 Å². The Labute approximate surface area is 158 Å². The van der Waals surface area contributed by atoms with E-state index in [2.05, 4.69) is 21.2 Å². The number of carbonyl (C=O) groups is 1. The summed E-state index contributed by atoms with van der Waals surface area (Å²) >= 11 is 9.34. The molecular weight excluding hydrogens is 406 g/mol. The Morgan fingerprint density at radius 3 is 2.68 bits per heavy atom. The molecule has 0 radical (unpaired) electrons. The molecule has 0 saturated carbocycles. The van der Waals surface area contributed by atoms with Crippen LogP contribution in [0, 0.1) is 6.92 Å². The zero-order valence-corrected chi connectivity index (χ0v) is 15.7. The van der Waals surface area contributed by atoms with Crippen LogP contribution in [0.2, 0.25) is 5.02 Å². The third-order valence-electron chi connectivity index (χ3n) is 3.53. The Balaban J connectivity index is 1.63. The third-order valence-corrected chi connectivity index (χ3v) is 4.29. The molecule has 0 bridgehead atoms. The maximum absolute atomic E-state index is 12.3. The largest absolute Gasteiger partial charge is 0.486 e. The number of ether oxygens (including phenoxy) is 1. The van der Waals surface area contributed by atoms with Gasteiger partial charge in [-0.3, -0.25) is 4.79 Å². The highest BCUT2D eigenvalue weighted by atomic mass is 79.9. The summed E-state index contributed by atoms with van der Waals surface area (Å²) in [4.78, 5) is 12.3. The zero-order valence-electron chi connectivity index (χ0n) is 13.4. The van der Waals surface area contributed by atoms with E-state index in [1.807, 2.05) is 37.3 Å². The van der Waals surface area contributed by atoms with Gasteiger partial charge in [0, 0.05) is 15.2 Å². The number of nitrogens with one attached hydrogen (secondary N) is 1. The van der Waals surface area contributed by atoms with Gasteiger partial charge in [0.05, 0.1) is 0 Å².